The molecule has 0 saturated heterocycles. The minimum absolute atomic E-state index is 0. The van der Waals surface area contributed by atoms with E-state index < -0.39 is 0 Å². The maximum atomic E-state index is 2.12. The van der Waals surface area contributed by atoms with Crippen molar-refractivity contribution in [3.63, 3.8) is 0 Å². The molecular weight excluding hydrogens is 594 g/mol. The molecule has 0 aliphatic rings. The smallest absolute Gasteiger partial charge is 0.0122 e. The molecule has 0 aromatic heterocycles. The van der Waals surface area contributed by atoms with Gasteiger partial charge in [-0.15, -0.1) is 0 Å². The van der Waals surface area contributed by atoms with Crippen LogP contribution in [0.2, 0.25) is 0 Å². The van der Waals surface area contributed by atoms with Crippen LogP contribution < -0.4 is 0 Å². The average molecular weight is 608 g/mol. The van der Waals surface area contributed by atoms with Crippen molar-refractivity contribution in [2.45, 2.75) is 9.79 Å². The second-order valence-electron chi connectivity index (χ2n) is 2.73. The molecule has 15 heavy (non-hydrogen) atoms. The van der Waals surface area contributed by atoms with Crippen molar-refractivity contribution in [1.29, 1.82) is 0 Å². The molecule has 0 unspecified atom stereocenters. The van der Waals surface area contributed by atoms with Crippen LogP contribution in [0.4, 0.5) is 0 Å². The van der Waals surface area contributed by atoms with Crippen LogP contribution >= 0.6 is 11.8 Å². The van der Waals surface area contributed by atoms with Crippen LogP contribution in [0.15, 0.2) is 70.5 Å². The SMILES string of the molecule is [PoH2].[PoH2].c1ccc(Sc2ccccc2)cc1. The van der Waals surface area contributed by atoms with E-state index in [1.807, 2.05) is 12.1 Å². The fourth-order valence-electron chi connectivity index (χ4n) is 1.11. The molecule has 2 aromatic rings. The Labute approximate surface area is 134 Å². The monoisotopic (exact) mass is 608 g/mol. The van der Waals surface area contributed by atoms with E-state index in [9.17, 15) is 0 Å². The van der Waals surface area contributed by atoms with E-state index in [1.165, 1.54) is 9.79 Å². The fourth-order valence-corrected chi connectivity index (χ4v) is 1.97. The first-order valence-corrected chi connectivity index (χ1v) is 5.05. The summed E-state index contributed by atoms with van der Waals surface area (Å²) in [6, 6.07) is 20.8. The van der Waals surface area contributed by atoms with Crippen LogP contribution in [0.1, 0.15) is 0 Å². The molecule has 0 heterocycles. The predicted molar refractivity (Wildman–Crippen MR) is 74.1 cm³/mol. The summed E-state index contributed by atoms with van der Waals surface area (Å²) in [6.07, 6.45) is 0. The molecule has 0 nitrogen and oxygen atoms in total. The molecule has 0 N–H and O–H groups in total. The van der Waals surface area contributed by atoms with Gasteiger partial charge in [-0.2, -0.15) is 0 Å². The molecule has 2 rings (SSSR count). The Morgan fingerprint density at radius 2 is 0.867 bits per heavy atom. The van der Waals surface area contributed by atoms with Gasteiger partial charge in [0.15, 0.2) is 0 Å². The van der Waals surface area contributed by atoms with E-state index in [4.69, 9.17) is 0 Å². The summed E-state index contributed by atoms with van der Waals surface area (Å²) in [5, 5.41) is 0. The number of hydrogen-bond acceptors (Lipinski definition) is 1. The van der Waals surface area contributed by atoms with Crippen molar-refractivity contribution in [2.75, 3.05) is 0 Å². The van der Waals surface area contributed by atoms with Gasteiger partial charge in [0, 0.05) is 9.79 Å². The van der Waals surface area contributed by atoms with Gasteiger partial charge < -0.3 is 0 Å². The summed E-state index contributed by atoms with van der Waals surface area (Å²) in [6.45, 7) is 0. The molecule has 0 spiro atoms. The predicted octanol–water partition coefficient (Wildman–Crippen LogP) is 2.01. The van der Waals surface area contributed by atoms with Gasteiger partial charge in [-0.1, -0.05) is 48.2 Å². The quantitative estimate of drug-likeness (QED) is 0.504. The summed E-state index contributed by atoms with van der Waals surface area (Å²) in [5.41, 5.74) is 0. The first-order valence-electron chi connectivity index (χ1n) is 4.23. The first kappa shape index (κ1) is 15.6. The average Bonchev–Trinajstić information content (AvgIpc) is 2.21. The zero-order chi connectivity index (χ0) is 8.93. The Kier molecular flexibility index (Phi) is 9.04. The Hall–Kier alpha value is 0.582. The van der Waals surface area contributed by atoms with E-state index in [2.05, 4.69) is 48.5 Å². The molecule has 0 amide bonds. The summed E-state index contributed by atoms with van der Waals surface area (Å²) >= 11 is 1.79. The van der Waals surface area contributed by atoms with Gasteiger partial charge >= 0.3 is 53.1 Å². The standard InChI is InChI=1S/C12H10S.2Po.4H/c1-3-7-11(8-4-1)13-12-9-5-2-6-10-12;;;;;;/h1-10H;;;;;;. The second-order valence-corrected chi connectivity index (χ2v) is 3.88. The summed E-state index contributed by atoms with van der Waals surface area (Å²) in [5.74, 6) is 0. The van der Waals surface area contributed by atoms with Gasteiger partial charge in [0.25, 0.3) is 0 Å². The number of benzene rings is 2. The third-order valence-corrected chi connectivity index (χ3v) is 2.74. The van der Waals surface area contributed by atoms with E-state index >= 15 is 0 Å². The minimum Gasteiger partial charge on any atom is -0.0901 e. The van der Waals surface area contributed by atoms with Crippen LogP contribution in [0.3, 0.4) is 0 Å². The molecule has 80 valence electrons. The molecular formula is C12H14Po2S. The van der Waals surface area contributed by atoms with E-state index in [0.29, 0.717) is 0 Å². The van der Waals surface area contributed by atoms with E-state index in [-0.39, 0.29) is 53.1 Å². The van der Waals surface area contributed by atoms with Crippen molar-refractivity contribution in [3.8, 4) is 0 Å². The van der Waals surface area contributed by atoms with E-state index in [0.717, 1.165) is 0 Å². The Balaban J connectivity index is 0.000000980. The van der Waals surface area contributed by atoms with E-state index in [1.54, 1.807) is 11.8 Å². The molecule has 0 saturated carbocycles. The largest absolute Gasteiger partial charge is 0.0901 e. The number of hydrogen-bond donors (Lipinski definition) is 0. The molecule has 0 aliphatic heterocycles. The third-order valence-electron chi connectivity index (χ3n) is 1.72. The minimum atomic E-state index is 0. The van der Waals surface area contributed by atoms with Crippen molar-refractivity contribution in [1.82, 2.24) is 0 Å². The van der Waals surface area contributed by atoms with Gasteiger partial charge in [-0.25, -0.2) is 0 Å². The third kappa shape index (κ3) is 5.45. The van der Waals surface area contributed by atoms with Crippen LogP contribution in [0.25, 0.3) is 0 Å². The van der Waals surface area contributed by atoms with Gasteiger partial charge in [0.2, 0.25) is 0 Å². The van der Waals surface area contributed by atoms with Crippen LogP contribution in [0.5, 0.6) is 0 Å². The Bertz CT molecular complexity index is 324. The molecule has 0 aliphatic carbocycles. The molecule has 0 bridgehead atoms. The van der Waals surface area contributed by atoms with Crippen molar-refractivity contribution < 1.29 is 0 Å². The Morgan fingerprint density at radius 1 is 0.533 bits per heavy atom. The maximum Gasteiger partial charge on any atom is 0.0122 e. The normalized spacial score (nSPS) is 8.53. The second kappa shape index (κ2) is 8.70. The van der Waals surface area contributed by atoms with Gasteiger partial charge in [-0.3, -0.25) is 0 Å². The van der Waals surface area contributed by atoms with Gasteiger partial charge in [-0.05, 0) is 24.3 Å². The van der Waals surface area contributed by atoms with Crippen LogP contribution in [-0.4, -0.2) is 53.1 Å². The summed E-state index contributed by atoms with van der Waals surface area (Å²) in [4.78, 5) is 2.57. The van der Waals surface area contributed by atoms with Crippen LogP contribution in [0, 0.1) is 0 Å². The molecule has 2 aromatic carbocycles. The molecule has 0 radical (unpaired) electrons. The van der Waals surface area contributed by atoms with Crippen LogP contribution in [-0.2, 0) is 0 Å². The Morgan fingerprint density at radius 3 is 1.20 bits per heavy atom. The first-order chi connectivity index (χ1) is 6.45. The van der Waals surface area contributed by atoms with Crippen molar-refractivity contribution in [2.24, 2.45) is 0 Å². The topological polar surface area (TPSA) is 0 Å². The molecule has 3 heteroatoms. The van der Waals surface area contributed by atoms with Crippen molar-refractivity contribution >= 4 is 64.9 Å². The van der Waals surface area contributed by atoms with Gasteiger partial charge in [0.1, 0.15) is 0 Å². The van der Waals surface area contributed by atoms with Gasteiger partial charge in [0.05, 0.1) is 0 Å². The summed E-state index contributed by atoms with van der Waals surface area (Å²) < 4.78 is 0. The summed E-state index contributed by atoms with van der Waals surface area (Å²) in [7, 11) is 0. The zero-order valence-electron chi connectivity index (χ0n) is 8.18. The van der Waals surface area contributed by atoms with Crippen molar-refractivity contribution in [3.05, 3.63) is 60.7 Å². The fraction of sp³-hybridized carbons (Fsp3) is 0. The number of rotatable bonds is 2. The molecule has 0 fully saturated rings. The molecule has 0 atom stereocenters. The zero-order valence-corrected chi connectivity index (χ0v) is 16.8. The maximum absolute atomic E-state index is 2.12.